The lowest BCUT2D eigenvalue weighted by molar-refractivity contribution is 0.597. The van der Waals surface area contributed by atoms with Crippen molar-refractivity contribution in [3.8, 4) is 17.1 Å². The minimum absolute atomic E-state index is 0.262. The van der Waals surface area contributed by atoms with Crippen LogP contribution in [-0.2, 0) is 0 Å². The molecule has 0 fully saturated rings. The van der Waals surface area contributed by atoms with Crippen molar-refractivity contribution in [2.45, 2.75) is 6.92 Å². The van der Waals surface area contributed by atoms with Crippen LogP contribution in [0, 0.1) is 11.8 Å². The van der Waals surface area contributed by atoms with Gasteiger partial charge in [-0.05, 0) is 85.3 Å². The molecule has 0 saturated carbocycles. The van der Waals surface area contributed by atoms with Crippen LogP contribution >= 0.6 is 0 Å². The van der Waals surface area contributed by atoms with E-state index < -0.39 is 0 Å². The number of para-hydroxylation sites is 2. The molecule has 2 aliphatic carbocycles. The molecule has 46 heavy (non-hydrogen) atoms. The molecule has 218 valence electrons. The van der Waals surface area contributed by atoms with Crippen LogP contribution in [0.15, 0.2) is 169 Å². The number of rotatable bonds is 4. The predicted molar refractivity (Wildman–Crippen MR) is 191 cm³/mol. The molecule has 0 amide bonds. The molecule has 2 nitrogen and oxygen atoms in total. The van der Waals surface area contributed by atoms with E-state index in [9.17, 15) is 0 Å². The van der Waals surface area contributed by atoms with Gasteiger partial charge in [0.25, 0.3) is 0 Å². The molecule has 2 aliphatic rings. The average molecular weight is 589 g/mol. The number of hydrogen-bond acceptors (Lipinski definition) is 1. The molecule has 1 heterocycles. The summed E-state index contributed by atoms with van der Waals surface area (Å²) >= 11 is 0. The van der Waals surface area contributed by atoms with Crippen LogP contribution in [0.5, 0.6) is 0 Å². The second-order valence-electron chi connectivity index (χ2n) is 12.4. The summed E-state index contributed by atoms with van der Waals surface area (Å²) in [5.41, 5.74) is 11.0. The van der Waals surface area contributed by atoms with Gasteiger partial charge in [0.1, 0.15) is 5.82 Å². The third-order valence-electron chi connectivity index (χ3n) is 9.70. The van der Waals surface area contributed by atoms with Crippen molar-refractivity contribution in [1.82, 2.24) is 9.55 Å². The Hall–Kier alpha value is -5.73. The Balaban J connectivity index is 1.26. The highest BCUT2D eigenvalue weighted by Gasteiger charge is 2.33. The maximum absolute atomic E-state index is 5.06. The number of hydrogen-bond donors (Lipinski definition) is 0. The zero-order valence-corrected chi connectivity index (χ0v) is 25.6. The van der Waals surface area contributed by atoms with Crippen LogP contribution in [0.25, 0.3) is 50.0 Å². The first-order valence-electron chi connectivity index (χ1n) is 16.1. The maximum atomic E-state index is 5.06. The Morgan fingerprint density at radius 3 is 2.13 bits per heavy atom. The molecule has 6 aromatic carbocycles. The zero-order valence-electron chi connectivity index (χ0n) is 25.6. The van der Waals surface area contributed by atoms with E-state index in [0.717, 1.165) is 28.1 Å². The monoisotopic (exact) mass is 588 g/mol. The fourth-order valence-electron chi connectivity index (χ4n) is 7.61. The van der Waals surface area contributed by atoms with E-state index in [-0.39, 0.29) is 5.92 Å². The van der Waals surface area contributed by atoms with Gasteiger partial charge in [-0.3, -0.25) is 4.57 Å². The van der Waals surface area contributed by atoms with Crippen molar-refractivity contribution in [2.24, 2.45) is 11.8 Å². The molecule has 0 spiro atoms. The van der Waals surface area contributed by atoms with E-state index in [1.807, 2.05) is 0 Å². The molecule has 0 N–H and O–H groups in total. The van der Waals surface area contributed by atoms with E-state index in [4.69, 9.17) is 4.98 Å². The minimum Gasteiger partial charge on any atom is -0.292 e. The van der Waals surface area contributed by atoms with Crippen LogP contribution in [-0.4, -0.2) is 9.55 Å². The van der Waals surface area contributed by atoms with Gasteiger partial charge in [0.2, 0.25) is 0 Å². The molecule has 0 aliphatic heterocycles. The van der Waals surface area contributed by atoms with E-state index in [1.165, 1.54) is 49.1 Å². The number of benzene rings is 6. The molecule has 0 saturated heterocycles. The van der Waals surface area contributed by atoms with Crippen LogP contribution < -0.4 is 10.4 Å². The molecule has 9 rings (SSSR count). The van der Waals surface area contributed by atoms with Gasteiger partial charge in [0.15, 0.2) is 0 Å². The lowest BCUT2D eigenvalue weighted by Gasteiger charge is -2.35. The Morgan fingerprint density at radius 2 is 1.28 bits per heavy atom. The minimum atomic E-state index is 0.262. The fraction of sp³-hybridized carbons (Fsp3) is 0.0682. The van der Waals surface area contributed by atoms with Crippen LogP contribution in [0.3, 0.4) is 0 Å². The van der Waals surface area contributed by atoms with E-state index >= 15 is 0 Å². The van der Waals surface area contributed by atoms with Gasteiger partial charge in [-0.2, -0.15) is 0 Å². The summed E-state index contributed by atoms with van der Waals surface area (Å²) in [5.74, 6) is 1.58. The topological polar surface area (TPSA) is 17.8 Å². The Bertz CT molecular complexity index is 2480. The molecular weight excluding hydrogens is 556 g/mol. The number of allylic oxidation sites excluding steroid dienone is 4. The summed E-state index contributed by atoms with van der Waals surface area (Å²) in [6.45, 7) is 2.36. The molecule has 0 bridgehead atoms. The molecule has 7 aromatic rings. The van der Waals surface area contributed by atoms with E-state index in [0.29, 0.717) is 5.92 Å². The van der Waals surface area contributed by atoms with E-state index in [1.54, 1.807) is 0 Å². The lowest BCUT2D eigenvalue weighted by Crippen LogP contribution is -2.39. The first-order valence-corrected chi connectivity index (χ1v) is 16.1. The second-order valence-corrected chi connectivity index (χ2v) is 12.4. The van der Waals surface area contributed by atoms with Gasteiger partial charge in [0, 0.05) is 17.2 Å². The predicted octanol–water partition coefficient (Wildman–Crippen LogP) is 9.01. The van der Waals surface area contributed by atoms with Gasteiger partial charge >= 0.3 is 0 Å². The molecule has 0 radical (unpaired) electrons. The first-order chi connectivity index (χ1) is 22.7. The third-order valence-corrected chi connectivity index (χ3v) is 9.70. The third kappa shape index (κ3) is 4.22. The van der Waals surface area contributed by atoms with E-state index in [2.05, 4.69) is 175 Å². The summed E-state index contributed by atoms with van der Waals surface area (Å²) in [4.78, 5) is 5.06. The maximum Gasteiger partial charge on any atom is 0.145 e. The van der Waals surface area contributed by atoms with Crippen LogP contribution in [0.1, 0.15) is 18.1 Å². The van der Waals surface area contributed by atoms with Crippen molar-refractivity contribution in [1.29, 1.82) is 0 Å². The van der Waals surface area contributed by atoms with Gasteiger partial charge < -0.3 is 0 Å². The highest BCUT2D eigenvalue weighted by Crippen LogP contribution is 2.43. The summed E-state index contributed by atoms with van der Waals surface area (Å²) in [5, 5.41) is 5.17. The first kappa shape index (κ1) is 26.7. The summed E-state index contributed by atoms with van der Waals surface area (Å²) in [6.07, 6.45) is 6.96. The Labute approximate surface area is 268 Å². The molecule has 2 heteroatoms. The smallest absolute Gasteiger partial charge is 0.145 e. The van der Waals surface area contributed by atoms with Crippen LogP contribution in [0.4, 0.5) is 0 Å². The van der Waals surface area contributed by atoms with Gasteiger partial charge in [0.05, 0.1) is 11.0 Å². The lowest BCUT2D eigenvalue weighted by atomic mass is 9.68. The average Bonchev–Trinajstić information content (AvgIpc) is 3.51. The van der Waals surface area contributed by atoms with Gasteiger partial charge in [-0.15, -0.1) is 0 Å². The van der Waals surface area contributed by atoms with Crippen molar-refractivity contribution in [3.05, 3.63) is 191 Å². The number of nitrogens with zero attached hydrogens (tertiary/aromatic N) is 2. The highest BCUT2D eigenvalue weighted by molar-refractivity contribution is 5.92. The van der Waals surface area contributed by atoms with Crippen molar-refractivity contribution < 1.29 is 0 Å². The zero-order chi connectivity index (χ0) is 30.6. The summed E-state index contributed by atoms with van der Waals surface area (Å²) < 4.78 is 2.28. The standard InChI is InChI=1S/C44H32N2/c1-29-12-11-19-38-41(29)43(34-23-22-30-13-5-6-16-33(30)28-34)37-18-8-7-17-36(37)42(38)31-24-26-35(27-25-31)46-40-21-10-9-20-39(40)45-44(46)32-14-3-2-4-15-32/h2-29,41H,1H3. The summed E-state index contributed by atoms with van der Waals surface area (Å²) in [7, 11) is 0. The number of aromatic nitrogens is 2. The highest BCUT2D eigenvalue weighted by atomic mass is 15.1. The fourth-order valence-corrected chi connectivity index (χ4v) is 7.61. The summed E-state index contributed by atoms with van der Waals surface area (Å²) in [6, 6.07) is 52.6. The number of fused-ring (bicyclic) bond motifs is 4. The molecule has 2 unspecified atom stereocenters. The normalized spacial score (nSPS) is 17.2. The van der Waals surface area contributed by atoms with Crippen molar-refractivity contribution >= 4 is 33.0 Å². The second kappa shape index (κ2) is 10.7. The SMILES string of the molecule is CC1C=CC=C2C(c3ccc(-n4c(-c5ccccc5)nc5ccccc54)cc3)=c3ccccc3=C(c3ccc4ccccc4c3)C21. The van der Waals surface area contributed by atoms with Gasteiger partial charge in [-0.25, -0.2) is 4.98 Å². The van der Waals surface area contributed by atoms with Gasteiger partial charge in [-0.1, -0.05) is 140 Å². The van der Waals surface area contributed by atoms with Crippen molar-refractivity contribution in [3.63, 3.8) is 0 Å². The molecular formula is C44H32N2. The van der Waals surface area contributed by atoms with Crippen LogP contribution in [0.2, 0.25) is 0 Å². The molecule has 2 atom stereocenters. The largest absolute Gasteiger partial charge is 0.292 e. The number of imidazole rings is 1. The Morgan fingerprint density at radius 1 is 0.587 bits per heavy atom. The molecule has 1 aromatic heterocycles. The van der Waals surface area contributed by atoms with Crippen molar-refractivity contribution in [2.75, 3.05) is 0 Å². The quantitative estimate of drug-likeness (QED) is 0.201. The Kier molecular flexibility index (Phi) is 6.21.